The maximum atomic E-state index is 12.6. The lowest BCUT2D eigenvalue weighted by Gasteiger charge is -2.16. The van der Waals surface area contributed by atoms with Crippen LogP contribution < -0.4 is 5.73 Å². The van der Waals surface area contributed by atoms with E-state index in [1.807, 2.05) is 59.0 Å². The van der Waals surface area contributed by atoms with E-state index >= 15 is 0 Å². The highest BCUT2D eigenvalue weighted by molar-refractivity contribution is 5.95. The van der Waals surface area contributed by atoms with Crippen LogP contribution >= 0.6 is 0 Å². The quantitative estimate of drug-likeness (QED) is 0.761. The van der Waals surface area contributed by atoms with Crippen molar-refractivity contribution in [3.8, 4) is 11.1 Å². The minimum atomic E-state index is 0.0627. The molecule has 5 nitrogen and oxygen atoms in total. The zero-order valence-electron chi connectivity index (χ0n) is 16.4. The van der Waals surface area contributed by atoms with Gasteiger partial charge < -0.3 is 10.6 Å². The Labute approximate surface area is 165 Å². The van der Waals surface area contributed by atoms with Gasteiger partial charge in [0.25, 0.3) is 5.91 Å². The molecule has 0 radical (unpaired) electrons. The van der Waals surface area contributed by atoms with Gasteiger partial charge in [-0.2, -0.15) is 5.10 Å². The van der Waals surface area contributed by atoms with Crippen molar-refractivity contribution in [2.75, 3.05) is 13.1 Å². The van der Waals surface area contributed by atoms with E-state index in [0.717, 1.165) is 42.0 Å². The van der Waals surface area contributed by atoms with E-state index in [2.05, 4.69) is 19.1 Å². The van der Waals surface area contributed by atoms with Gasteiger partial charge in [0, 0.05) is 36.0 Å². The number of carbonyl (C=O) groups excluding carboxylic acids is 1. The van der Waals surface area contributed by atoms with E-state index in [1.54, 1.807) is 0 Å². The Morgan fingerprint density at radius 1 is 1.11 bits per heavy atom. The van der Waals surface area contributed by atoms with E-state index in [9.17, 15) is 4.79 Å². The van der Waals surface area contributed by atoms with Crippen molar-refractivity contribution in [3.63, 3.8) is 0 Å². The fraction of sp³-hybridized carbons (Fsp3) is 0.304. The highest BCUT2D eigenvalue weighted by Crippen LogP contribution is 2.28. The average Bonchev–Trinajstić information content (AvgIpc) is 3.25. The lowest BCUT2D eigenvalue weighted by molar-refractivity contribution is 0.0791. The van der Waals surface area contributed by atoms with E-state index < -0.39 is 0 Å². The third-order valence-corrected chi connectivity index (χ3v) is 5.49. The molecule has 2 aromatic carbocycles. The molecular formula is C23H26N4O. The summed E-state index contributed by atoms with van der Waals surface area (Å²) in [5.41, 5.74) is 12.2. The van der Waals surface area contributed by atoms with Crippen LogP contribution in [0.5, 0.6) is 0 Å². The van der Waals surface area contributed by atoms with Crippen LogP contribution in [-0.4, -0.2) is 39.7 Å². The number of rotatable bonds is 4. The second kappa shape index (κ2) is 7.60. The van der Waals surface area contributed by atoms with Gasteiger partial charge in [0.15, 0.2) is 0 Å². The second-order valence-electron chi connectivity index (χ2n) is 7.57. The number of hydrogen-bond donors (Lipinski definition) is 1. The van der Waals surface area contributed by atoms with E-state index in [-0.39, 0.29) is 11.9 Å². The van der Waals surface area contributed by atoms with Crippen molar-refractivity contribution in [1.82, 2.24) is 14.7 Å². The van der Waals surface area contributed by atoms with Gasteiger partial charge in [-0.05, 0) is 43.5 Å². The number of likely N-dealkylation sites (tertiary alicyclic amines) is 1. The van der Waals surface area contributed by atoms with E-state index in [0.29, 0.717) is 12.1 Å². The molecule has 1 amide bonds. The molecule has 0 bridgehead atoms. The van der Waals surface area contributed by atoms with Crippen molar-refractivity contribution in [2.45, 2.75) is 32.9 Å². The molecule has 1 fully saturated rings. The van der Waals surface area contributed by atoms with Crippen LogP contribution in [0.4, 0.5) is 0 Å². The number of aromatic nitrogens is 2. The van der Waals surface area contributed by atoms with Crippen molar-refractivity contribution in [2.24, 2.45) is 5.73 Å². The van der Waals surface area contributed by atoms with Crippen molar-refractivity contribution in [3.05, 3.63) is 77.1 Å². The molecule has 5 heteroatoms. The molecule has 1 aliphatic heterocycles. The molecule has 0 saturated carbocycles. The topological polar surface area (TPSA) is 64.2 Å². The molecule has 3 aromatic rings. The minimum Gasteiger partial charge on any atom is -0.337 e. The molecule has 1 unspecified atom stereocenters. The first-order chi connectivity index (χ1) is 13.5. The lowest BCUT2D eigenvalue weighted by Crippen LogP contribution is -2.31. The first-order valence-electron chi connectivity index (χ1n) is 9.76. The molecule has 144 valence electrons. The zero-order valence-corrected chi connectivity index (χ0v) is 16.4. The minimum absolute atomic E-state index is 0.0627. The predicted octanol–water partition coefficient (Wildman–Crippen LogP) is 3.39. The SMILES string of the molecule is Cc1nn(Cc2ccccc2)c(C)c1-c1ccc(C(=O)N2CCC(N)C2)cc1. The number of nitrogens with two attached hydrogens (primary N) is 1. The fourth-order valence-corrected chi connectivity index (χ4v) is 3.96. The summed E-state index contributed by atoms with van der Waals surface area (Å²) in [7, 11) is 0. The molecule has 2 N–H and O–H groups in total. The molecule has 4 rings (SSSR count). The summed E-state index contributed by atoms with van der Waals surface area (Å²) < 4.78 is 2.05. The number of nitrogens with zero attached hydrogens (tertiary/aromatic N) is 3. The molecular weight excluding hydrogens is 348 g/mol. The summed E-state index contributed by atoms with van der Waals surface area (Å²) in [6.07, 6.45) is 0.878. The second-order valence-corrected chi connectivity index (χ2v) is 7.57. The monoisotopic (exact) mass is 374 g/mol. The standard InChI is InChI=1S/C23H26N4O/c1-16-22(17(2)27(25-16)14-18-6-4-3-5-7-18)19-8-10-20(11-9-19)23(28)26-13-12-21(24)15-26/h3-11,21H,12-15,24H2,1-2H3. The largest absolute Gasteiger partial charge is 0.337 e. The third-order valence-electron chi connectivity index (χ3n) is 5.49. The zero-order chi connectivity index (χ0) is 19.7. The third kappa shape index (κ3) is 3.58. The molecule has 1 saturated heterocycles. The fourth-order valence-electron chi connectivity index (χ4n) is 3.96. The summed E-state index contributed by atoms with van der Waals surface area (Å²) in [4.78, 5) is 14.5. The van der Waals surface area contributed by atoms with Gasteiger partial charge in [-0.15, -0.1) is 0 Å². The van der Waals surface area contributed by atoms with Crippen LogP contribution in [0.2, 0.25) is 0 Å². The Morgan fingerprint density at radius 2 is 1.82 bits per heavy atom. The van der Waals surface area contributed by atoms with Gasteiger partial charge in [-0.1, -0.05) is 42.5 Å². The number of carbonyl (C=O) groups is 1. The number of amides is 1. The van der Waals surface area contributed by atoms with Crippen LogP contribution in [0.1, 0.15) is 33.7 Å². The Morgan fingerprint density at radius 3 is 2.46 bits per heavy atom. The molecule has 2 heterocycles. The van der Waals surface area contributed by atoms with Crippen molar-refractivity contribution >= 4 is 5.91 Å². The lowest BCUT2D eigenvalue weighted by atomic mass is 10.0. The van der Waals surface area contributed by atoms with Gasteiger partial charge in [0.1, 0.15) is 0 Å². The van der Waals surface area contributed by atoms with Gasteiger partial charge in [-0.25, -0.2) is 0 Å². The van der Waals surface area contributed by atoms with Crippen LogP contribution in [0.3, 0.4) is 0 Å². The number of aryl methyl sites for hydroxylation is 1. The maximum Gasteiger partial charge on any atom is 0.253 e. The normalized spacial score (nSPS) is 16.5. The summed E-state index contributed by atoms with van der Waals surface area (Å²) in [5, 5.41) is 4.74. The maximum absolute atomic E-state index is 12.6. The summed E-state index contributed by atoms with van der Waals surface area (Å²) >= 11 is 0. The number of hydrogen-bond acceptors (Lipinski definition) is 3. The molecule has 1 aromatic heterocycles. The first-order valence-corrected chi connectivity index (χ1v) is 9.76. The van der Waals surface area contributed by atoms with Crippen LogP contribution in [-0.2, 0) is 6.54 Å². The molecule has 1 atom stereocenters. The smallest absolute Gasteiger partial charge is 0.253 e. The van der Waals surface area contributed by atoms with E-state index in [4.69, 9.17) is 10.8 Å². The van der Waals surface area contributed by atoms with Gasteiger partial charge in [0.2, 0.25) is 0 Å². The van der Waals surface area contributed by atoms with E-state index in [1.165, 1.54) is 5.56 Å². The van der Waals surface area contributed by atoms with Crippen molar-refractivity contribution in [1.29, 1.82) is 0 Å². The predicted molar refractivity (Wildman–Crippen MR) is 111 cm³/mol. The Hall–Kier alpha value is -2.92. The molecule has 0 spiro atoms. The van der Waals surface area contributed by atoms with Crippen LogP contribution in [0.25, 0.3) is 11.1 Å². The molecule has 0 aliphatic carbocycles. The first kappa shape index (κ1) is 18.4. The van der Waals surface area contributed by atoms with Crippen LogP contribution in [0, 0.1) is 13.8 Å². The van der Waals surface area contributed by atoms with Gasteiger partial charge in [-0.3, -0.25) is 9.48 Å². The number of benzene rings is 2. The Balaban J connectivity index is 1.57. The average molecular weight is 374 g/mol. The summed E-state index contributed by atoms with van der Waals surface area (Å²) in [6.45, 7) is 6.27. The summed E-state index contributed by atoms with van der Waals surface area (Å²) in [6, 6.07) is 18.3. The highest BCUT2D eigenvalue weighted by Gasteiger charge is 2.24. The van der Waals surface area contributed by atoms with Crippen LogP contribution in [0.15, 0.2) is 54.6 Å². The molecule has 28 heavy (non-hydrogen) atoms. The Kier molecular flexibility index (Phi) is 5.01. The highest BCUT2D eigenvalue weighted by atomic mass is 16.2. The van der Waals surface area contributed by atoms with Crippen molar-refractivity contribution < 1.29 is 4.79 Å². The summed E-state index contributed by atoms with van der Waals surface area (Å²) in [5.74, 6) is 0.0627. The molecule has 1 aliphatic rings. The van der Waals surface area contributed by atoms with Gasteiger partial charge in [0.05, 0.1) is 12.2 Å². The Bertz CT molecular complexity index is 976. The van der Waals surface area contributed by atoms with Gasteiger partial charge >= 0.3 is 0 Å².